The Bertz CT molecular complexity index is 326. The molecular formula is C12H21N3O2. The van der Waals surface area contributed by atoms with Crippen LogP contribution in [0.25, 0.3) is 0 Å². The minimum Gasteiger partial charge on any atom is -0.359 e. The smallest absolute Gasteiger partial charge is 0.242 e. The summed E-state index contributed by atoms with van der Waals surface area (Å²) in [5, 5.41) is 2.65. The minimum absolute atomic E-state index is 0.0298. The molecule has 2 fully saturated rings. The largest absolute Gasteiger partial charge is 0.359 e. The number of carbonyl (C=O) groups is 2. The first-order chi connectivity index (χ1) is 8.07. The molecule has 0 spiro atoms. The Kier molecular flexibility index (Phi) is 3.38. The zero-order valence-electron chi connectivity index (χ0n) is 10.4. The summed E-state index contributed by atoms with van der Waals surface area (Å²) in [4.78, 5) is 25.6. The number of likely N-dealkylation sites (tertiary alicyclic amines) is 1. The van der Waals surface area contributed by atoms with E-state index in [1.165, 1.54) is 0 Å². The van der Waals surface area contributed by atoms with Crippen LogP contribution in [0.1, 0.15) is 32.1 Å². The van der Waals surface area contributed by atoms with Crippen LogP contribution in [-0.2, 0) is 9.59 Å². The predicted octanol–water partition coefficient (Wildman–Crippen LogP) is -0.148. The van der Waals surface area contributed by atoms with Crippen molar-refractivity contribution >= 4 is 11.8 Å². The van der Waals surface area contributed by atoms with Gasteiger partial charge in [-0.25, -0.2) is 0 Å². The molecule has 0 aromatic rings. The van der Waals surface area contributed by atoms with E-state index in [1.807, 2.05) is 0 Å². The van der Waals surface area contributed by atoms with Gasteiger partial charge in [-0.05, 0) is 32.1 Å². The number of nitrogens with one attached hydrogen (secondary N) is 1. The van der Waals surface area contributed by atoms with E-state index >= 15 is 0 Å². The first-order valence-corrected chi connectivity index (χ1v) is 6.37. The van der Waals surface area contributed by atoms with Crippen molar-refractivity contribution in [2.45, 2.75) is 37.6 Å². The van der Waals surface area contributed by atoms with Gasteiger partial charge in [-0.3, -0.25) is 9.59 Å². The normalized spacial score (nSPS) is 27.2. The monoisotopic (exact) mass is 239 g/mol. The van der Waals surface area contributed by atoms with Gasteiger partial charge in [0.1, 0.15) is 0 Å². The SMILES string of the molecule is CNC(=O)C1CCCN(C(=O)C2(N)CCC2)C1. The van der Waals surface area contributed by atoms with E-state index in [4.69, 9.17) is 5.73 Å². The van der Waals surface area contributed by atoms with Crippen molar-refractivity contribution in [2.75, 3.05) is 20.1 Å². The molecule has 3 N–H and O–H groups in total. The van der Waals surface area contributed by atoms with E-state index in [2.05, 4.69) is 5.32 Å². The summed E-state index contributed by atoms with van der Waals surface area (Å²) in [7, 11) is 1.64. The topological polar surface area (TPSA) is 75.4 Å². The van der Waals surface area contributed by atoms with Crippen LogP contribution in [-0.4, -0.2) is 42.4 Å². The van der Waals surface area contributed by atoms with Gasteiger partial charge in [0.05, 0.1) is 11.5 Å². The number of piperidine rings is 1. The van der Waals surface area contributed by atoms with Crippen LogP contribution in [0, 0.1) is 5.92 Å². The number of rotatable bonds is 2. The van der Waals surface area contributed by atoms with Gasteiger partial charge in [0.15, 0.2) is 0 Å². The molecule has 0 radical (unpaired) electrons. The molecule has 1 aliphatic heterocycles. The Labute approximate surface area is 102 Å². The average Bonchev–Trinajstić information content (AvgIpc) is 2.34. The molecule has 1 aliphatic carbocycles. The fraction of sp³-hybridized carbons (Fsp3) is 0.833. The first-order valence-electron chi connectivity index (χ1n) is 6.37. The number of nitrogens with zero attached hydrogens (tertiary/aromatic N) is 1. The van der Waals surface area contributed by atoms with E-state index in [1.54, 1.807) is 11.9 Å². The summed E-state index contributed by atoms with van der Waals surface area (Å²) in [6, 6.07) is 0. The summed E-state index contributed by atoms with van der Waals surface area (Å²) >= 11 is 0. The van der Waals surface area contributed by atoms with Gasteiger partial charge in [-0.2, -0.15) is 0 Å². The molecule has 17 heavy (non-hydrogen) atoms. The van der Waals surface area contributed by atoms with E-state index in [0.717, 1.165) is 38.6 Å². The molecule has 2 aliphatic rings. The molecular weight excluding hydrogens is 218 g/mol. The molecule has 1 atom stereocenters. The van der Waals surface area contributed by atoms with Gasteiger partial charge in [-0.1, -0.05) is 0 Å². The Morgan fingerprint density at radius 2 is 2.06 bits per heavy atom. The number of hydrogen-bond donors (Lipinski definition) is 2. The number of carbonyl (C=O) groups excluding carboxylic acids is 2. The lowest BCUT2D eigenvalue weighted by molar-refractivity contribution is -0.143. The molecule has 2 amide bonds. The second-order valence-corrected chi connectivity index (χ2v) is 5.21. The third-order valence-corrected chi connectivity index (χ3v) is 4.00. The maximum absolute atomic E-state index is 12.2. The lowest BCUT2D eigenvalue weighted by atomic mass is 9.76. The van der Waals surface area contributed by atoms with Gasteiger partial charge in [0, 0.05) is 20.1 Å². The van der Waals surface area contributed by atoms with Gasteiger partial charge in [-0.15, -0.1) is 0 Å². The van der Waals surface area contributed by atoms with Crippen molar-refractivity contribution in [1.82, 2.24) is 10.2 Å². The third kappa shape index (κ3) is 2.29. The molecule has 0 aromatic carbocycles. The molecule has 5 heteroatoms. The van der Waals surface area contributed by atoms with E-state index in [0.29, 0.717) is 6.54 Å². The van der Waals surface area contributed by atoms with Crippen molar-refractivity contribution in [3.05, 3.63) is 0 Å². The molecule has 1 saturated carbocycles. The van der Waals surface area contributed by atoms with E-state index in [9.17, 15) is 9.59 Å². The highest BCUT2D eigenvalue weighted by Gasteiger charge is 2.43. The van der Waals surface area contributed by atoms with Crippen LogP contribution in [0.4, 0.5) is 0 Å². The quantitative estimate of drug-likeness (QED) is 0.704. The molecule has 5 nitrogen and oxygen atoms in total. The molecule has 0 bridgehead atoms. The summed E-state index contributed by atoms with van der Waals surface area (Å²) in [5.74, 6) is 0.000843. The standard InChI is InChI=1S/C12H21N3O2/c1-14-10(16)9-4-2-7-15(8-9)11(17)12(13)5-3-6-12/h9H,2-8,13H2,1H3,(H,14,16). The van der Waals surface area contributed by atoms with E-state index in [-0.39, 0.29) is 17.7 Å². The molecule has 0 aromatic heterocycles. The predicted molar refractivity (Wildman–Crippen MR) is 64.1 cm³/mol. The minimum atomic E-state index is -0.634. The fourth-order valence-corrected chi connectivity index (χ4v) is 2.67. The average molecular weight is 239 g/mol. The first kappa shape index (κ1) is 12.4. The van der Waals surface area contributed by atoms with Crippen molar-refractivity contribution in [2.24, 2.45) is 11.7 Å². The van der Waals surface area contributed by atoms with Gasteiger partial charge >= 0.3 is 0 Å². The van der Waals surface area contributed by atoms with Crippen LogP contribution in [0.15, 0.2) is 0 Å². The van der Waals surface area contributed by atoms with Gasteiger partial charge in [0.25, 0.3) is 0 Å². The molecule has 1 saturated heterocycles. The molecule has 1 heterocycles. The van der Waals surface area contributed by atoms with Crippen LogP contribution in [0.3, 0.4) is 0 Å². The maximum Gasteiger partial charge on any atom is 0.242 e. The summed E-state index contributed by atoms with van der Waals surface area (Å²) in [6.45, 7) is 1.27. The van der Waals surface area contributed by atoms with Crippen molar-refractivity contribution in [1.29, 1.82) is 0 Å². The molecule has 1 unspecified atom stereocenters. The highest BCUT2D eigenvalue weighted by Crippen LogP contribution is 2.32. The van der Waals surface area contributed by atoms with Gasteiger partial charge < -0.3 is 16.0 Å². The summed E-state index contributed by atoms with van der Waals surface area (Å²) in [5.41, 5.74) is 5.41. The Morgan fingerprint density at radius 1 is 1.35 bits per heavy atom. The molecule has 96 valence electrons. The lowest BCUT2D eigenvalue weighted by Gasteiger charge is -2.42. The maximum atomic E-state index is 12.2. The molecule has 2 rings (SSSR count). The highest BCUT2D eigenvalue weighted by atomic mass is 16.2. The lowest BCUT2D eigenvalue weighted by Crippen LogP contribution is -2.61. The zero-order valence-corrected chi connectivity index (χ0v) is 10.4. The van der Waals surface area contributed by atoms with Crippen molar-refractivity contribution < 1.29 is 9.59 Å². The summed E-state index contributed by atoms with van der Waals surface area (Å²) < 4.78 is 0. The zero-order chi connectivity index (χ0) is 12.5. The Hall–Kier alpha value is -1.10. The number of nitrogens with two attached hydrogens (primary N) is 1. The van der Waals surface area contributed by atoms with Crippen LogP contribution in [0.2, 0.25) is 0 Å². The second-order valence-electron chi connectivity index (χ2n) is 5.21. The summed E-state index contributed by atoms with van der Waals surface area (Å²) in [6.07, 6.45) is 4.36. The Morgan fingerprint density at radius 3 is 2.59 bits per heavy atom. The third-order valence-electron chi connectivity index (χ3n) is 4.00. The highest BCUT2D eigenvalue weighted by molar-refractivity contribution is 5.88. The van der Waals surface area contributed by atoms with Crippen LogP contribution < -0.4 is 11.1 Å². The van der Waals surface area contributed by atoms with E-state index < -0.39 is 5.54 Å². The number of hydrogen-bond acceptors (Lipinski definition) is 3. The fourth-order valence-electron chi connectivity index (χ4n) is 2.67. The second kappa shape index (κ2) is 4.64. The van der Waals surface area contributed by atoms with Crippen LogP contribution >= 0.6 is 0 Å². The van der Waals surface area contributed by atoms with Crippen molar-refractivity contribution in [3.63, 3.8) is 0 Å². The Balaban J connectivity index is 1.97. The van der Waals surface area contributed by atoms with Crippen molar-refractivity contribution in [3.8, 4) is 0 Å². The van der Waals surface area contributed by atoms with Crippen LogP contribution in [0.5, 0.6) is 0 Å². The van der Waals surface area contributed by atoms with Gasteiger partial charge in [0.2, 0.25) is 11.8 Å². The number of amides is 2.